The van der Waals surface area contributed by atoms with Gasteiger partial charge in [0.15, 0.2) is 0 Å². The Bertz CT molecular complexity index is 523. The molecule has 2 nitrogen and oxygen atoms in total. The van der Waals surface area contributed by atoms with Gasteiger partial charge in [0.1, 0.15) is 0 Å². The molecule has 1 amide bonds. The summed E-state index contributed by atoms with van der Waals surface area (Å²) < 4.78 is 0. The fourth-order valence-electron chi connectivity index (χ4n) is 1.51. The molecule has 0 atom stereocenters. The van der Waals surface area contributed by atoms with Gasteiger partial charge in [0.2, 0.25) is 0 Å². The second-order valence-corrected chi connectivity index (χ2v) is 3.80. The summed E-state index contributed by atoms with van der Waals surface area (Å²) in [5.41, 5.74) is 9.14. The van der Waals surface area contributed by atoms with Crippen LogP contribution >= 0.6 is 11.6 Å². The average Bonchev–Trinajstić information content (AvgIpc) is 2.30. The van der Waals surface area contributed by atoms with Crippen molar-refractivity contribution in [3.05, 3.63) is 59.1 Å². The summed E-state index contributed by atoms with van der Waals surface area (Å²) in [6.45, 7) is 0. The lowest BCUT2D eigenvalue weighted by atomic mass is 10.0. The van der Waals surface area contributed by atoms with Crippen LogP contribution in [0.4, 0.5) is 0 Å². The van der Waals surface area contributed by atoms with Gasteiger partial charge in [-0.2, -0.15) is 0 Å². The number of carbonyl (C=O) groups excluding carboxylic acids is 1. The van der Waals surface area contributed by atoms with Crippen LogP contribution in [-0.4, -0.2) is 5.91 Å². The van der Waals surface area contributed by atoms with Crippen molar-refractivity contribution < 1.29 is 4.79 Å². The van der Waals surface area contributed by atoms with Gasteiger partial charge in [0.25, 0.3) is 5.91 Å². The number of rotatable bonds is 2. The molecular formula is C13H9ClNO. The van der Waals surface area contributed by atoms with Gasteiger partial charge in [-0.25, -0.2) is 0 Å². The average molecular weight is 231 g/mol. The second-order valence-electron chi connectivity index (χ2n) is 3.39. The number of halogens is 1. The Morgan fingerprint density at radius 2 is 1.75 bits per heavy atom. The topological polar surface area (TPSA) is 40.9 Å². The smallest absolute Gasteiger partial charge is 0.267 e. The summed E-state index contributed by atoms with van der Waals surface area (Å²) >= 11 is 6.06. The maximum atomic E-state index is 11.0. The van der Waals surface area contributed by atoms with E-state index in [-0.39, 0.29) is 0 Å². The van der Waals surface area contributed by atoms with Crippen molar-refractivity contribution in [3.63, 3.8) is 0 Å². The first-order valence-electron chi connectivity index (χ1n) is 4.79. The van der Waals surface area contributed by atoms with Crippen LogP contribution < -0.4 is 5.73 Å². The minimum Gasteiger partial charge on any atom is -0.267 e. The van der Waals surface area contributed by atoms with Gasteiger partial charge in [0.05, 0.1) is 0 Å². The van der Waals surface area contributed by atoms with Gasteiger partial charge in [-0.3, -0.25) is 10.5 Å². The van der Waals surface area contributed by atoms with Gasteiger partial charge in [-0.15, -0.1) is 0 Å². The predicted molar refractivity (Wildman–Crippen MR) is 64.3 cm³/mol. The summed E-state index contributed by atoms with van der Waals surface area (Å²) in [6, 6.07) is 14.4. The quantitative estimate of drug-likeness (QED) is 0.779. The van der Waals surface area contributed by atoms with Crippen LogP contribution in [-0.2, 0) is 0 Å². The van der Waals surface area contributed by atoms with E-state index in [1.807, 2.05) is 30.3 Å². The summed E-state index contributed by atoms with van der Waals surface area (Å²) in [7, 11) is 0. The third-order valence-corrected chi connectivity index (χ3v) is 2.64. The van der Waals surface area contributed by atoms with Crippen molar-refractivity contribution in [1.82, 2.24) is 5.73 Å². The Labute approximate surface area is 98.7 Å². The number of carbonyl (C=O) groups is 1. The standard InChI is InChI=1S/C13H9ClNO/c14-12-7-6-10(13(15)16)8-11(12)9-4-2-1-3-5-9/h1-8,15H. The first-order chi connectivity index (χ1) is 7.68. The second kappa shape index (κ2) is 4.37. The van der Waals surface area contributed by atoms with Gasteiger partial charge >= 0.3 is 0 Å². The summed E-state index contributed by atoms with van der Waals surface area (Å²) in [5, 5.41) is 0.580. The minimum atomic E-state index is -0.700. The fraction of sp³-hybridized carbons (Fsp3) is 0. The predicted octanol–water partition coefficient (Wildman–Crippen LogP) is 3.43. The van der Waals surface area contributed by atoms with Crippen molar-refractivity contribution in [2.75, 3.05) is 0 Å². The normalized spacial score (nSPS) is 10.1. The monoisotopic (exact) mass is 230 g/mol. The molecule has 0 aromatic heterocycles. The molecule has 3 heteroatoms. The van der Waals surface area contributed by atoms with Crippen LogP contribution in [0.3, 0.4) is 0 Å². The van der Waals surface area contributed by atoms with Crippen LogP contribution in [0.15, 0.2) is 48.5 Å². The molecule has 0 spiro atoms. The zero-order valence-corrected chi connectivity index (χ0v) is 9.16. The Morgan fingerprint density at radius 1 is 1.06 bits per heavy atom. The first-order valence-corrected chi connectivity index (χ1v) is 5.17. The molecule has 79 valence electrons. The number of benzene rings is 2. The van der Waals surface area contributed by atoms with Crippen molar-refractivity contribution >= 4 is 17.5 Å². The molecular weight excluding hydrogens is 222 g/mol. The van der Waals surface area contributed by atoms with Crippen LogP contribution in [0.5, 0.6) is 0 Å². The molecule has 0 heterocycles. The zero-order valence-electron chi connectivity index (χ0n) is 8.41. The molecule has 16 heavy (non-hydrogen) atoms. The Kier molecular flexibility index (Phi) is 2.93. The van der Waals surface area contributed by atoms with E-state index in [9.17, 15) is 4.79 Å². The lowest BCUT2D eigenvalue weighted by molar-refractivity contribution is 0.0992. The molecule has 2 aromatic carbocycles. The molecule has 0 fully saturated rings. The number of hydrogen-bond donors (Lipinski definition) is 0. The van der Waals surface area contributed by atoms with E-state index in [0.717, 1.165) is 11.1 Å². The van der Waals surface area contributed by atoms with Gasteiger partial charge in [-0.1, -0.05) is 41.9 Å². The zero-order chi connectivity index (χ0) is 11.5. The van der Waals surface area contributed by atoms with E-state index in [2.05, 4.69) is 0 Å². The first kappa shape index (κ1) is 10.7. The van der Waals surface area contributed by atoms with Crippen LogP contribution in [0.2, 0.25) is 5.02 Å². The maximum absolute atomic E-state index is 11.0. The summed E-state index contributed by atoms with van der Waals surface area (Å²) in [4.78, 5) is 11.0. The van der Waals surface area contributed by atoms with Crippen LogP contribution in [0.1, 0.15) is 10.4 Å². The molecule has 0 saturated heterocycles. The molecule has 1 radical (unpaired) electrons. The molecule has 2 rings (SSSR count). The lowest BCUT2D eigenvalue weighted by Crippen LogP contribution is -1.98. The van der Waals surface area contributed by atoms with E-state index in [4.69, 9.17) is 17.3 Å². The highest BCUT2D eigenvalue weighted by atomic mass is 35.5. The molecule has 0 unspecified atom stereocenters. The molecule has 0 aliphatic carbocycles. The number of nitrogens with one attached hydrogen (secondary N) is 1. The van der Waals surface area contributed by atoms with Crippen molar-refractivity contribution in [2.24, 2.45) is 0 Å². The van der Waals surface area contributed by atoms with E-state index in [1.54, 1.807) is 18.2 Å². The van der Waals surface area contributed by atoms with Crippen molar-refractivity contribution in [2.45, 2.75) is 0 Å². The van der Waals surface area contributed by atoms with E-state index in [1.165, 1.54) is 0 Å². The molecule has 0 aliphatic rings. The summed E-state index contributed by atoms with van der Waals surface area (Å²) in [5.74, 6) is -0.700. The maximum Gasteiger partial charge on any atom is 0.269 e. The third kappa shape index (κ3) is 2.07. The highest BCUT2D eigenvalue weighted by molar-refractivity contribution is 6.33. The minimum absolute atomic E-state index is 0.350. The van der Waals surface area contributed by atoms with E-state index < -0.39 is 5.91 Å². The van der Waals surface area contributed by atoms with E-state index >= 15 is 0 Å². The number of hydrogen-bond acceptors (Lipinski definition) is 1. The van der Waals surface area contributed by atoms with Gasteiger partial charge in [-0.05, 0) is 23.8 Å². The van der Waals surface area contributed by atoms with Crippen molar-refractivity contribution in [1.29, 1.82) is 0 Å². The highest BCUT2D eigenvalue weighted by Gasteiger charge is 2.07. The molecule has 0 aliphatic heterocycles. The van der Waals surface area contributed by atoms with Gasteiger partial charge < -0.3 is 0 Å². The fourth-order valence-corrected chi connectivity index (χ4v) is 1.73. The Hall–Kier alpha value is -1.80. The molecule has 2 aromatic rings. The molecule has 0 bridgehead atoms. The number of amides is 1. The van der Waals surface area contributed by atoms with Crippen LogP contribution in [0.25, 0.3) is 11.1 Å². The van der Waals surface area contributed by atoms with E-state index in [0.29, 0.717) is 10.6 Å². The lowest BCUT2D eigenvalue weighted by Gasteiger charge is -2.05. The molecule has 0 saturated carbocycles. The van der Waals surface area contributed by atoms with Crippen LogP contribution in [0, 0.1) is 0 Å². The van der Waals surface area contributed by atoms with Crippen molar-refractivity contribution in [3.8, 4) is 11.1 Å². The Balaban J connectivity index is 2.56. The Morgan fingerprint density at radius 3 is 2.38 bits per heavy atom. The third-order valence-electron chi connectivity index (χ3n) is 2.31. The largest absolute Gasteiger partial charge is 0.269 e. The van der Waals surface area contributed by atoms with Gasteiger partial charge in [0, 0.05) is 16.1 Å². The SMILES string of the molecule is [NH]C(=O)c1ccc(Cl)c(-c2ccccc2)c1. The highest BCUT2D eigenvalue weighted by Crippen LogP contribution is 2.28. The molecule has 1 N–H and O–H groups in total. The summed E-state index contributed by atoms with van der Waals surface area (Å²) in [6.07, 6.45) is 0.